The largest absolute Gasteiger partial charge is 0.550 e. The number of carboxylic acids is 2. The van der Waals surface area contributed by atoms with Crippen molar-refractivity contribution in [1.82, 2.24) is 0 Å². The highest BCUT2D eigenvalue weighted by molar-refractivity contribution is 5.70. The molecule has 0 aromatic carbocycles. The second-order valence-corrected chi connectivity index (χ2v) is 6.67. The molecule has 0 atom stereocenters. The zero-order chi connectivity index (χ0) is 19.3. The average Bonchev–Trinajstić information content (AvgIpc) is 2.51. The van der Waals surface area contributed by atoms with Crippen LogP contribution < -0.4 is 5.11 Å². The fourth-order valence-electron chi connectivity index (χ4n) is 1.82. The van der Waals surface area contributed by atoms with Gasteiger partial charge in [0.05, 0.1) is 13.2 Å². The molecule has 1 N–H and O–H groups in total. The number of esters is 2. The summed E-state index contributed by atoms with van der Waals surface area (Å²) in [5, 5.41) is 18.7. The van der Waals surface area contributed by atoms with E-state index in [2.05, 4.69) is 0 Å². The Bertz CT molecular complexity index is 416. The molecule has 0 aliphatic carbocycles. The van der Waals surface area contributed by atoms with Gasteiger partial charge >= 0.3 is 17.9 Å². The molecule has 0 heterocycles. The average molecular weight is 359 g/mol. The summed E-state index contributed by atoms with van der Waals surface area (Å²) in [6.07, 6.45) is 1.88. The second-order valence-electron chi connectivity index (χ2n) is 6.67. The van der Waals surface area contributed by atoms with Crippen LogP contribution in [-0.2, 0) is 28.7 Å². The van der Waals surface area contributed by atoms with Gasteiger partial charge in [0, 0.05) is 30.6 Å². The van der Waals surface area contributed by atoms with Gasteiger partial charge < -0.3 is 24.5 Å². The zero-order valence-electron chi connectivity index (χ0n) is 14.9. The highest BCUT2D eigenvalue weighted by Gasteiger charge is 2.22. The van der Waals surface area contributed by atoms with Crippen molar-refractivity contribution >= 4 is 23.9 Å². The van der Waals surface area contributed by atoms with Crippen molar-refractivity contribution in [3.05, 3.63) is 0 Å². The first-order valence-corrected chi connectivity index (χ1v) is 8.35. The van der Waals surface area contributed by atoms with Crippen LogP contribution in [0.1, 0.15) is 65.2 Å². The Balaban J connectivity index is 3.84. The summed E-state index contributed by atoms with van der Waals surface area (Å²) in [5.41, 5.74) is -0.544. The van der Waals surface area contributed by atoms with Crippen LogP contribution in [0, 0.1) is 5.41 Å². The predicted molar refractivity (Wildman–Crippen MR) is 85.3 cm³/mol. The van der Waals surface area contributed by atoms with Crippen LogP contribution in [0.3, 0.4) is 0 Å². The monoisotopic (exact) mass is 359 g/mol. The summed E-state index contributed by atoms with van der Waals surface area (Å²) >= 11 is 0. The number of hydrogen-bond acceptors (Lipinski definition) is 7. The van der Waals surface area contributed by atoms with E-state index in [1.54, 1.807) is 13.8 Å². The fraction of sp³-hybridized carbons (Fsp3) is 0.765. The summed E-state index contributed by atoms with van der Waals surface area (Å²) in [4.78, 5) is 43.7. The van der Waals surface area contributed by atoms with Crippen LogP contribution >= 0.6 is 0 Å². The molecule has 0 saturated heterocycles. The van der Waals surface area contributed by atoms with Crippen molar-refractivity contribution in [2.75, 3.05) is 13.2 Å². The minimum absolute atomic E-state index is 0.0255. The van der Waals surface area contributed by atoms with E-state index in [0.29, 0.717) is 25.7 Å². The minimum atomic E-state index is -1.14. The number of carboxylic acid groups (broad SMARTS) is 2. The molecule has 0 radical (unpaired) electrons. The first-order chi connectivity index (χ1) is 11.6. The number of hydrogen-bond donors (Lipinski definition) is 1. The first-order valence-electron chi connectivity index (χ1n) is 8.35. The Hall–Kier alpha value is -2.12. The number of carbonyl (C=O) groups excluding carboxylic acids is 3. The van der Waals surface area contributed by atoms with E-state index in [1.165, 1.54) is 0 Å². The van der Waals surface area contributed by atoms with E-state index >= 15 is 0 Å². The molecule has 0 spiro atoms. The minimum Gasteiger partial charge on any atom is -0.550 e. The van der Waals surface area contributed by atoms with E-state index in [9.17, 15) is 24.3 Å². The third kappa shape index (κ3) is 15.2. The molecule has 0 aromatic rings. The molecule has 25 heavy (non-hydrogen) atoms. The Labute approximate surface area is 147 Å². The van der Waals surface area contributed by atoms with Gasteiger partial charge in [-0.3, -0.25) is 14.4 Å². The lowest BCUT2D eigenvalue weighted by Gasteiger charge is -2.23. The SMILES string of the molecule is CC(C)(COC(=O)CCCCC(=O)[O-])COC(=O)CCCCC(=O)O. The van der Waals surface area contributed by atoms with Crippen molar-refractivity contribution in [2.24, 2.45) is 5.41 Å². The van der Waals surface area contributed by atoms with E-state index in [4.69, 9.17) is 14.6 Å². The molecule has 0 amide bonds. The maximum atomic E-state index is 11.6. The van der Waals surface area contributed by atoms with E-state index in [1.807, 2.05) is 0 Å². The summed E-state index contributed by atoms with van der Waals surface area (Å²) in [7, 11) is 0. The summed E-state index contributed by atoms with van der Waals surface area (Å²) in [6, 6.07) is 0. The van der Waals surface area contributed by atoms with Crippen LogP contribution in [0.5, 0.6) is 0 Å². The maximum Gasteiger partial charge on any atom is 0.305 e. The number of aliphatic carboxylic acids is 2. The lowest BCUT2D eigenvalue weighted by Crippen LogP contribution is -2.28. The molecular formula is C17H27O8-. The molecular weight excluding hydrogens is 332 g/mol. The van der Waals surface area contributed by atoms with E-state index < -0.39 is 29.3 Å². The van der Waals surface area contributed by atoms with Crippen molar-refractivity contribution < 1.29 is 38.9 Å². The Kier molecular flexibility index (Phi) is 11.2. The molecule has 0 saturated carbocycles. The maximum absolute atomic E-state index is 11.6. The van der Waals surface area contributed by atoms with Gasteiger partial charge in [-0.1, -0.05) is 13.8 Å². The number of carbonyl (C=O) groups is 4. The van der Waals surface area contributed by atoms with Crippen LogP contribution in [0.2, 0.25) is 0 Å². The van der Waals surface area contributed by atoms with Gasteiger partial charge in [-0.25, -0.2) is 0 Å². The van der Waals surface area contributed by atoms with Crippen LogP contribution in [0.15, 0.2) is 0 Å². The van der Waals surface area contributed by atoms with Crippen LogP contribution in [-0.4, -0.2) is 42.2 Å². The molecule has 8 heteroatoms. The molecule has 0 unspecified atom stereocenters. The number of unbranched alkanes of at least 4 members (excludes halogenated alkanes) is 2. The number of rotatable bonds is 14. The summed E-state index contributed by atoms with van der Waals surface area (Å²) in [5.74, 6) is -2.87. The van der Waals surface area contributed by atoms with Crippen LogP contribution in [0.4, 0.5) is 0 Å². The van der Waals surface area contributed by atoms with Gasteiger partial charge in [-0.15, -0.1) is 0 Å². The molecule has 0 fully saturated rings. The Morgan fingerprint density at radius 3 is 1.60 bits per heavy atom. The highest BCUT2D eigenvalue weighted by Crippen LogP contribution is 2.17. The highest BCUT2D eigenvalue weighted by atomic mass is 16.5. The van der Waals surface area contributed by atoms with E-state index in [-0.39, 0.29) is 38.9 Å². The van der Waals surface area contributed by atoms with Crippen molar-refractivity contribution in [2.45, 2.75) is 65.2 Å². The summed E-state index contributed by atoms with van der Waals surface area (Å²) < 4.78 is 10.2. The van der Waals surface area contributed by atoms with Crippen molar-refractivity contribution in [3.63, 3.8) is 0 Å². The van der Waals surface area contributed by atoms with Gasteiger partial charge in [0.2, 0.25) is 0 Å². The summed E-state index contributed by atoms with van der Waals surface area (Å²) in [6.45, 7) is 3.74. The number of ether oxygens (including phenoxy) is 2. The van der Waals surface area contributed by atoms with Crippen LogP contribution in [0.25, 0.3) is 0 Å². The fourth-order valence-corrected chi connectivity index (χ4v) is 1.82. The molecule has 0 aromatic heterocycles. The van der Waals surface area contributed by atoms with Crippen molar-refractivity contribution in [1.29, 1.82) is 0 Å². The second kappa shape index (κ2) is 12.3. The third-order valence-electron chi connectivity index (χ3n) is 3.28. The molecule has 0 bridgehead atoms. The predicted octanol–water partition coefficient (Wildman–Crippen LogP) is 1.05. The molecule has 8 nitrogen and oxygen atoms in total. The molecule has 0 rings (SSSR count). The van der Waals surface area contributed by atoms with E-state index in [0.717, 1.165) is 0 Å². The van der Waals surface area contributed by atoms with Crippen molar-refractivity contribution in [3.8, 4) is 0 Å². The zero-order valence-corrected chi connectivity index (χ0v) is 14.9. The smallest absolute Gasteiger partial charge is 0.305 e. The van der Waals surface area contributed by atoms with Gasteiger partial charge in [0.15, 0.2) is 0 Å². The van der Waals surface area contributed by atoms with Gasteiger partial charge in [0.1, 0.15) is 0 Å². The Morgan fingerprint density at radius 2 is 1.20 bits per heavy atom. The van der Waals surface area contributed by atoms with Gasteiger partial charge in [-0.2, -0.15) is 0 Å². The first kappa shape index (κ1) is 22.9. The van der Waals surface area contributed by atoms with Gasteiger partial charge in [0.25, 0.3) is 0 Å². The standard InChI is InChI=1S/C17H28O8/c1-17(2,11-24-15(22)9-5-3-7-13(18)19)12-25-16(23)10-6-4-8-14(20)21/h3-12H2,1-2H3,(H,18,19)(H,20,21)/p-1. The topological polar surface area (TPSA) is 130 Å². The third-order valence-corrected chi connectivity index (χ3v) is 3.28. The Morgan fingerprint density at radius 1 is 0.800 bits per heavy atom. The lowest BCUT2D eigenvalue weighted by molar-refractivity contribution is -0.305. The molecule has 0 aliphatic rings. The van der Waals surface area contributed by atoms with Gasteiger partial charge in [-0.05, 0) is 32.1 Å². The molecule has 0 aliphatic heterocycles. The normalized spacial score (nSPS) is 11.0. The quantitative estimate of drug-likeness (QED) is 0.360. The lowest BCUT2D eigenvalue weighted by atomic mass is 9.96. The molecule has 144 valence electrons.